The van der Waals surface area contributed by atoms with Crippen LogP contribution in [0.25, 0.3) is 0 Å². The van der Waals surface area contributed by atoms with Crippen molar-refractivity contribution in [2.75, 3.05) is 7.11 Å². The molecule has 0 bridgehead atoms. The Balaban J connectivity index is 2.02. The van der Waals surface area contributed by atoms with Crippen LogP contribution in [0.1, 0.15) is 33.8 Å². The van der Waals surface area contributed by atoms with Gasteiger partial charge in [0.1, 0.15) is 5.75 Å². The van der Waals surface area contributed by atoms with Crippen molar-refractivity contribution in [1.82, 2.24) is 0 Å². The monoisotopic (exact) mass is 295 g/mol. The third-order valence-electron chi connectivity index (χ3n) is 4.11. The van der Waals surface area contributed by atoms with Gasteiger partial charge in [0.25, 0.3) is 0 Å². The molecule has 1 atom stereocenters. The van der Waals surface area contributed by atoms with E-state index in [1.54, 1.807) is 31.4 Å². The van der Waals surface area contributed by atoms with Crippen molar-refractivity contribution in [3.63, 3.8) is 0 Å². The maximum Gasteiger partial charge on any atom is 0.176 e. The van der Waals surface area contributed by atoms with E-state index in [9.17, 15) is 10.0 Å². The summed E-state index contributed by atoms with van der Waals surface area (Å²) < 4.78 is 5.12. The molecule has 2 aromatic carbocycles. The Kier molecular flexibility index (Phi) is 3.92. The summed E-state index contributed by atoms with van der Waals surface area (Å²) >= 11 is 0. The number of hydrogen-bond acceptors (Lipinski definition) is 4. The van der Waals surface area contributed by atoms with Crippen LogP contribution >= 0.6 is 0 Å². The summed E-state index contributed by atoms with van der Waals surface area (Å²) in [5.74, 6) is 0.141. The number of aryl methyl sites for hydroxylation is 1. The molecular formula is C18H17NO3. The first-order valence-corrected chi connectivity index (χ1v) is 7.21. The molecule has 112 valence electrons. The summed E-state index contributed by atoms with van der Waals surface area (Å²) in [6.07, 6.45) is 1.39. The number of ketones is 1. The number of hydrogen-bond donors (Lipinski definition) is 1. The average Bonchev–Trinajstić information content (AvgIpc) is 2.60. The highest BCUT2D eigenvalue weighted by Crippen LogP contribution is 2.32. The molecule has 2 aromatic rings. The summed E-state index contributed by atoms with van der Waals surface area (Å²) in [7, 11) is 1.59. The zero-order chi connectivity index (χ0) is 15.5. The van der Waals surface area contributed by atoms with E-state index in [0.717, 1.165) is 17.5 Å². The summed E-state index contributed by atoms with van der Waals surface area (Å²) in [4.78, 5) is 12.9. The highest BCUT2D eigenvalue weighted by Gasteiger charge is 2.32. The topological polar surface area (TPSA) is 58.9 Å². The number of ether oxygens (including phenoxy) is 1. The van der Waals surface area contributed by atoms with E-state index in [-0.39, 0.29) is 5.78 Å². The van der Waals surface area contributed by atoms with Gasteiger partial charge in [-0.1, -0.05) is 29.4 Å². The smallest absolute Gasteiger partial charge is 0.176 e. The lowest BCUT2D eigenvalue weighted by Gasteiger charge is -2.25. The Bertz CT molecular complexity index is 719. The molecular weight excluding hydrogens is 278 g/mol. The lowest BCUT2D eigenvalue weighted by molar-refractivity contribution is 0.0979. The normalized spacial score (nSPS) is 18.8. The van der Waals surface area contributed by atoms with E-state index in [2.05, 4.69) is 5.16 Å². The summed E-state index contributed by atoms with van der Waals surface area (Å²) in [6.45, 7) is 0. The van der Waals surface area contributed by atoms with Gasteiger partial charge in [0, 0.05) is 5.56 Å². The van der Waals surface area contributed by atoms with Gasteiger partial charge in [-0.2, -0.15) is 0 Å². The van der Waals surface area contributed by atoms with Crippen LogP contribution in [0.5, 0.6) is 5.75 Å². The van der Waals surface area contributed by atoms with Crippen molar-refractivity contribution in [2.24, 2.45) is 5.16 Å². The number of oxime groups is 1. The molecule has 0 radical (unpaired) electrons. The molecule has 1 unspecified atom stereocenters. The zero-order valence-electron chi connectivity index (χ0n) is 12.3. The van der Waals surface area contributed by atoms with Crippen LogP contribution in [-0.2, 0) is 6.42 Å². The SMILES string of the molecule is COc1ccc(C(=O)C2/C(=N\O)CCc3ccccc32)cc1. The summed E-state index contributed by atoms with van der Waals surface area (Å²) in [5, 5.41) is 12.7. The van der Waals surface area contributed by atoms with E-state index >= 15 is 0 Å². The molecule has 0 aromatic heterocycles. The van der Waals surface area contributed by atoms with Crippen molar-refractivity contribution in [2.45, 2.75) is 18.8 Å². The maximum absolute atomic E-state index is 12.9. The molecule has 0 saturated carbocycles. The lowest BCUT2D eigenvalue weighted by atomic mass is 9.77. The van der Waals surface area contributed by atoms with Gasteiger partial charge >= 0.3 is 0 Å². The molecule has 0 heterocycles. The molecule has 1 N–H and O–H groups in total. The first-order chi connectivity index (χ1) is 10.7. The van der Waals surface area contributed by atoms with Crippen molar-refractivity contribution in [3.8, 4) is 5.75 Å². The number of carbonyl (C=O) groups excluding carboxylic acids is 1. The molecule has 0 aliphatic heterocycles. The number of carbonyl (C=O) groups is 1. The van der Waals surface area contributed by atoms with E-state index in [1.807, 2.05) is 24.3 Å². The van der Waals surface area contributed by atoms with Gasteiger partial charge in [-0.15, -0.1) is 0 Å². The fourth-order valence-corrected chi connectivity index (χ4v) is 2.95. The van der Waals surface area contributed by atoms with Gasteiger partial charge < -0.3 is 9.94 Å². The van der Waals surface area contributed by atoms with Gasteiger partial charge in [-0.3, -0.25) is 4.79 Å². The standard InChI is InChI=1S/C18H17NO3/c1-22-14-9-6-13(7-10-14)18(20)17-15-5-3-2-4-12(15)8-11-16(17)19-21/h2-7,9-10,17,21H,8,11H2,1H3/b19-16-. The first kappa shape index (κ1) is 14.3. The predicted octanol–water partition coefficient (Wildman–Crippen LogP) is 3.44. The van der Waals surface area contributed by atoms with Gasteiger partial charge in [-0.25, -0.2) is 0 Å². The molecule has 0 saturated heterocycles. The van der Waals surface area contributed by atoms with E-state index in [1.165, 1.54) is 0 Å². The van der Waals surface area contributed by atoms with Crippen molar-refractivity contribution in [1.29, 1.82) is 0 Å². The van der Waals surface area contributed by atoms with Gasteiger partial charge in [0.05, 0.1) is 18.7 Å². The molecule has 0 amide bonds. The van der Waals surface area contributed by atoms with E-state index in [4.69, 9.17) is 4.74 Å². The minimum Gasteiger partial charge on any atom is -0.497 e. The van der Waals surface area contributed by atoms with Crippen LogP contribution in [0.15, 0.2) is 53.7 Å². The maximum atomic E-state index is 12.9. The lowest BCUT2D eigenvalue weighted by Crippen LogP contribution is -2.27. The molecule has 4 heteroatoms. The second-order valence-electron chi connectivity index (χ2n) is 5.32. The quantitative estimate of drug-likeness (QED) is 0.536. The first-order valence-electron chi connectivity index (χ1n) is 7.21. The Morgan fingerprint density at radius 3 is 2.55 bits per heavy atom. The van der Waals surface area contributed by atoms with Gasteiger partial charge in [-0.05, 0) is 48.2 Å². The molecule has 1 aliphatic rings. The molecule has 4 nitrogen and oxygen atoms in total. The molecule has 1 aliphatic carbocycles. The van der Waals surface area contributed by atoms with Crippen LogP contribution in [0, 0.1) is 0 Å². The molecule has 22 heavy (non-hydrogen) atoms. The van der Waals surface area contributed by atoms with Gasteiger partial charge in [0.2, 0.25) is 0 Å². The second-order valence-corrected chi connectivity index (χ2v) is 5.32. The highest BCUT2D eigenvalue weighted by atomic mass is 16.5. The Labute approximate surface area is 129 Å². The van der Waals surface area contributed by atoms with Crippen LogP contribution in [0.3, 0.4) is 0 Å². The molecule has 0 fully saturated rings. The highest BCUT2D eigenvalue weighted by molar-refractivity contribution is 6.17. The molecule has 3 rings (SSSR count). The van der Waals surface area contributed by atoms with Gasteiger partial charge in [0.15, 0.2) is 5.78 Å². The van der Waals surface area contributed by atoms with E-state index in [0.29, 0.717) is 23.4 Å². The number of benzene rings is 2. The fourth-order valence-electron chi connectivity index (χ4n) is 2.95. The fraction of sp³-hybridized carbons (Fsp3) is 0.222. The minimum atomic E-state index is -0.511. The largest absolute Gasteiger partial charge is 0.497 e. The number of Topliss-reactive ketones (excluding diaryl/α,β-unsaturated/α-hetero) is 1. The Hall–Kier alpha value is -2.62. The van der Waals surface area contributed by atoms with Crippen LogP contribution in [-0.4, -0.2) is 23.8 Å². The summed E-state index contributed by atoms with van der Waals surface area (Å²) in [5.41, 5.74) is 3.19. The van der Waals surface area contributed by atoms with Crippen LogP contribution in [0.4, 0.5) is 0 Å². The third-order valence-corrected chi connectivity index (χ3v) is 4.11. The molecule has 0 spiro atoms. The zero-order valence-corrected chi connectivity index (χ0v) is 12.3. The van der Waals surface area contributed by atoms with Crippen LogP contribution in [0.2, 0.25) is 0 Å². The van der Waals surface area contributed by atoms with Crippen LogP contribution < -0.4 is 4.74 Å². The average molecular weight is 295 g/mol. The summed E-state index contributed by atoms with van der Waals surface area (Å²) in [6, 6.07) is 14.8. The third kappa shape index (κ3) is 2.48. The van der Waals surface area contributed by atoms with Crippen molar-refractivity contribution < 1.29 is 14.7 Å². The Morgan fingerprint density at radius 1 is 1.14 bits per heavy atom. The number of rotatable bonds is 3. The van der Waals surface area contributed by atoms with E-state index < -0.39 is 5.92 Å². The number of fused-ring (bicyclic) bond motifs is 1. The Morgan fingerprint density at radius 2 is 1.86 bits per heavy atom. The van der Waals surface area contributed by atoms with Crippen molar-refractivity contribution in [3.05, 3.63) is 65.2 Å². The number of methoxy groups -OCH3 is 1. The minimum absolute atomic E-state index is 0.0531. The predicted molar refractivity (Wildman–Crippen MR) is 84.1 cm³/mol. The van der Waals surface area contributed by atoms with Crippen molar-refractivity contribution >= 4 is 11.5 Å². The number of nitrogens with zero attached hydrogens (tertiary/aromatic N) is 1. The second kappa shape index (κ2) is 6.02.